The van der Waals surface area contributed by atoms with Crippen molar-refractivity contribution in [2.75, 3.05) is 38.2 Å². The van der Waals surface area contributed by atoms with Gasteiger partial charge in [-0.05, 0) is 44.0 Å². The van der Waals surface area contributed by atoms with Gasteiger partial charge in [0.1, 0.15) is 11.4 Å². The maximum Gasteiger partial charge on any atom is 0.248 e. The molecule has 24 heavy (non-hydrogen) atoms. The van der Waals surface area contributed by atoms with E-state index in [2.05, 4.69) is 15.0 Å². The van der Waals surface area contributed by atoms with Gasteiger partial charge in [-0.15, -0.1) is 5.10 Å². The molecular formula is C16H22N6O2. The van der Waals surface area contributed by atoms with Gasteiger partial charge in [0.2, 0.25) is 5.95 Å². The van der Waals surface area contributed by atoms with E-state index in [1.807, 2.05) is 23.2 Å². The van der Waals surface area contributed by atoms with Crippen LogP contribution < -0.4 is 15.4 Å². The summed E-state index contributed by atoms with van der Waals surface area (Å²) in [5.41, 5.74) is 6.89. The molecule has 8 nitrogen and oxygen atoms in total. The van der Waals surface area contributed by atoms with E-state index in [0.29, 0.717) is 11.9 Å². The first-order valence-corrected chi connectivity index (χ1v) is 8.50. The highest BCUT2D eigenvalue weighted by atomic mass is 16.6. The van der Waals surface area contributed by atoms with E-state index in [9.17, 15) is 0 Å². The van der Waals surface area contributed by atoms with Crippen LogP contribution in [0.4, 0.5) is 5.95 Å². The van der Waals surface area contributed by atoms with Crippen molar-refractivity contribution in [1.29, 1.82) is 0 Å². The summed E-state index contributed by atoms with van der Waals surface area (Å²) in [5.74, 6) is 1.94. The number of hydrogen-bond donors (Lipinski definition) is 1. The fourth-order valence-corrected chi connectivity index (χ4v) is 4.44. The highest BCUT2D eigenvalue weighted by Crippen LogP contribution is 2.43. The van der Waals surface area contributed by atoms with Crippen molar-refractivity contribution in [2.24, 2.45) is 11.7 Å². The molecule has 1 spiro atoms. The topological polar surface area (TPSA) is 81.1 Å². The molecule has 6 heterocycles. The van der Waals surface area contributed by atoms with Gasteiger partial charge in [-0.2, -0.15) is 4.98 Å². The number of hydrogen-bond acceptors (Lipinski definition) is 7. The van der Waals surface area contributed by atoms with E-state index in [0.717, 1.165) is 24.5 Å². The second-order valence-corrected chi connectivity index (χ2v) is 7.04. The fraction of sp³-hybridized carbons (Fsp3) is 0.625. The molecule has 4 aliphatic heterocycles. The summed E-state index contributed by atoms with van der Waals surface area (Å²) in [5, 5.41) is 4.57. The second kappa shape index (κ2) is 5.05. The van der Waals surface area contributed by atoms with E-state index in [1.54, 1.807) is 11.6 Å². The number of nitrogens with zero attached hydrogens (tertiary/aromatic N) is 5. The van der Waals surface area contributed by atoms with Gasteiger partial charge >= 0.3 is 0 Å². The number of ether oxygens (including phenoxy) is 2. The lowest BCUT2D eigenvalue weighted by Gasteiger charge is -2.50. The zero-order valence-corrected chi connectivity index (χ0v) is 13.8. The SMILES string of the molecule is COc1ccc2nc(N3CC4(CN5CCC4CC5)OC3N)nn2c1. The molecule has 0 saturated carbocycles. The van der Waals surface area contributed by atoms with E-state index in [1.165, 1.54) is 25.9 Å². The molecule has 2 atom stereocenters. The van der Waals surface area contributed by atoms with Crippen molar-refractivity contribution >= 4 is 11.6 Å². The van der Waals surface area contributed by atoms with Gasteiger partial charge in [0.15, 0.2) is 12.0 Å². The molecular weight excluding hydrogens is 308 g/mol. The molecule has 128 valence electrons. The van der Waals surface area contributed by atoms with Crippen LogP contribution in [0, 0.1) is 5.92 Å². The van der Waals surface area contributed by atoms with Gasteiger partial charge in [-0.3, -0.25) is 10.6 Å². The average molecular weight is 330 g/mol. The Morgan fingerprint density at radius 2 is 2.12 bits per heavy atom. The minimum absolute atomic E-state index is 0.176. The van der Waals surface area contributed by atoms with Crippen LogP contribution >= 0.6 is 0 Å². The van der Waals surface area contributed by atoms with Crippen LogP contribution in [0.15, 0.2) is 18.3 Å². The summed E-state index contributed by atoms with van der Waals surface area (Å²) < 4.78 is 13.2. The van der Waals surface area contributed by atoms with Crippen molar-refractivity contribution in [3.63, 3.8) is 0 Å². The zero-order chi connectivity index (χ0) is 16.3. The van der Waals surface area contributed by atoms with Crippen LogP contribution in [0.5, 0.6) is 5.75 Å². The van der Waals surface area contributed by atoms with Gasteiger partial charge in [0.05, 0.1) is 19.9 Å². The molecule has 4 fully saturated rings. The van der Waals surface area contributed by atoms with Crippen LogP contribution in [-0.4, -0.2) is 64.7 Å². The van der Waals surface area contributed by atoms with Crippen LogP contribution in [0.2, 0.25) is 0 Å². The van der Waals surface area contributed by atoms with Crippen molar-refractivity contribution in [2.45, 2.75) is 24.8 Å². The predicted molar refractivity (Wildman–Crippen MR) is 87.8 cm³/mol. The maximum absolute atomic E-state index is 6.30. The van der Waals surface area contributed by atoms with E-state index < -0.39 is 6.35 Å². The Hall–Kier alpha value is -1.90. The number of fused-ring (bicyclic) bond motifs is 3. The molecule has 4 saturated heterocycles. The van der Waals surface area contributed by atoms with Gasteiger partial charge in [0.25, 0.3) is 0 Å². The van der Waals surface area contributed by atoms with Crippen molar-refractivity contribution < 1.29 is 9.47 Å². The quantitative estimate of drug-likeness (QED) is 0.847. The predicted octanol–water partition coefficient (Wildman–Crippen LogP) is 0.281. The minimum Gasteiger partial charge on any atom is -0.495 e. The Morgan fingerprint density at radius 1 is 1.29 bits per heavy atom. The number of aromatic nitrogens is 3. The summed E-state index contributed by atoms with van der Waals surface area (Å²) in [6.45, 7) is 4.07. The van der Waals surface area contributed by atoms with E-state index >= 15 is 0 Å². The Balaban J connectivity index is 1.47. The zero-order valence-electron chi connectivity index (χ0n) is 13.8. The number of pyridine rings is 1. The summed E-state index contributed by atoms with van der Waals surface area (Å²) in [6, 6.07) is 3.77. The molecule has 2 unspecified atom stereocenters. The number of piperidine rings is 3. The molecule has 6 rings (SSSR count). The smallest absolute Gasteiger partial charge is 0.248 e. The highest BCUT2D eigenvalue weighted by molar-refractivity contribution is 5.47. The molecule has 0 aromatic carbocycles. The van der Waals surface area contributed by atoms with Crippen LogP contribution in [0.1, 0.15) is 12.8 Å². The third-order valence-electron chi connectivity index (χ3n) is 5.71. The van der Waals surface area contributed by atoms with Crippen LogP contribution in [0.25, 0.3) is 5.65 Å². The summed E-state index contributed by atoms with van der Waals surface area (Å²) in [7, 11) is 1.64. The Morgan fingerprint density at radius 3 is 2.83 bits per heavy atom. The highest BCUT2D eigenvalue weighted by Gasteiger charge is 2.54. The van der Waals surface area contributed by atoms with Gasteiger partial charge in [0, 0.05) is 6.54 Å². The molecule has 8 heteroatoms. The summed E-state index contributed by atoms with van der Waals surface area (Å²) in [4.78, 5) is 9.08. The average Bonchev–Trinajstić information content (AvgIpc) is 3.16. The molecule has 0 radical (unpaired) electrons. The molecule has 2 aromatic heterocycles. The Labute approximate surface area is 140 Å². The van der Waals surface area contributed by atoms with Crippen LogP contribution in [0.3, 0.4) is 0 Å². The lowest BCUT2D eigenvalue weighted by molar-refractivity contribution is -0.137. The van der Waals surface area contributed by atoms with Crippen molar-refractivity contribution in [3.05, 3.63) is 18.3 Å². The number of nitrogens with two attached hydrogens (primary N) is 1. The number of methoxy groups -OCH3 is 1. The summed E-state index contributed by atoms with van der Waals surface area (Å²) in [6.07, 6.45) is 3.70. The maximum atomic E-state index is 6.30. The second-order valence-electron chi connectivity index (χ2n) is 7.04. The molecule has 0 aliphatic carbocycles. The molecule has 2 aromatic rings. The molecule has 2 bridgehead atoms. The standard InChI is InChI=1S/C16H22N6O2/c1-23-12-2-3-13-18-15(19-22(13)8-12)21-10-16(24-14(21)17)9-20-6-4-11(16)5-7-20/h2-3,8,11,14H,4-7,9-10,17H2,1H3. The first-order chi connectivity index (χ1) is 11.7. The lowest BCUT2D eigenvalue weighted by atomic mass is 9.75. The largest absolute Gasteiger partial charge is 0.495 e. The number of anilines is 1. The number of rotatable bonds is 2. The normalized spacial score (nSPS) is 35.2. The first kappa shape index (κ1) is 14.4. The summed E-state index contributed by atoms with van der Waals surface area (Å²) >= 11 is 0. The van der Waals surface area contributed by atoms with E-state index in [-0.39, 0.29) is 5.60 Å². The van der Waals surface area contributed by atoms with Gasteiger partial charge < -0.3 is 14.4 Å². The first-order valence-electron chi connectivity index (χ1n) is 8.50. The molecule has 2 N–H and O–H groups in total. The third kappa shape index (κ3) is 2.03. The van der Waals surface area contributed by atoms with Crippen molar-refractivity contribution in [1.82, 2.24) is 19.5 Å². The van der Waals surface area contributed by atoms with E-state index in [4.69, 9.17) is 15.2 Å². The minimum atomic E-state index is -0.496. The molecule has 4 aliphatic rings. The van der Waals surface area contributed by atoms with Gasteiger partial charge in [-0.25, -0.2) is 4.52 Å². The Kier molecular flexibility index (Phi) is 3.04. The van der Waals surface area contributed by atoms with Gasteiger partial charge in [-0.1, -0.05) is 0 Å². The van der Waals surface area contributed by atoms with Crippen molar-refractivity contribution in [3.8, 4) is 5.75 Å². The fourth-order valence-electron chi connectivity index (χ4n) is 4.44. The Bertz CT molecular complexity index is 771. The lowest BCUT2D eigenvalue weighted by Crippen LogP contribution is -2.61. The monoisotopic (exact) mass is 330 g/mol. The third-order valence-corrected chi connectivity index (χ3v) is 5.71. The van der Waals surface area contributed by atoms with Crippen LogP contribution in [-0.2, 0) is 4.74 Å². The molecule has 0 amide bonds.